The van der Waals surface area contributed by atoms with Crippen LogP contribution in [-0.4, -0.2) is 44.8 Å². The Labute approximate surface area is 154 Å². The first-order valence-electron chi connectivity index (χ1n) is 8.39. The van der Waals surface area contributed by atoms with Crippen LogP contribution in [0.3, 0.4) is 0 Å². The predicted octanol–water partition coefficient (Wildman–Crippen LogP) is 2.16. The monoisotopic (exact) mass is 380 g/mol. The van der Waals surface area contributed by atoms with Crippen molar-refractivity contribution in [1.29, 1.82) is 0 Å². The maximum Gasteiger partial charge on any atom is 0.307 e. The zero-order valence-electron chi connectivity index (χ0n) is 15.1. The molecule has 0 bridgehead atoms. The summed E-state index contributed by atoms with van der Waals surface area (Å²) >= 11 is 0. The van der Waals surface area contributed by atoms with Gasteiger partial charge in [0.05, 0.1) is 11.3 Å². The van der Waals surface area contributed by atoms with Crippen LogP contribution in [0, 0.1) is 5.92 Å². The molecular weight excluding hydrogens is 356 g/mol. The Morgan fingerprint density at radius 2 is 2.08 bits per heavy atom. The molecule has 0 saturated heterocycles. The van der Waals surface area contributed by atoms with Crippen molar-refractivity contribution in [1.82, 2.24) is 4.31 Å². The van der Waals surface area contributed by atoms with E-state index in [-0.39, 0.29) is 17.2 Å². The molecule has 0 fully saturated rings. The molecule has 0 aromatic heterocycles. The number of amides is 1. The summed E-state index contributed by atoms with van der Waals surface area (Å²) in [5.41, 5.74) is 0.319. The largest absolute Gasteiger partial charge is 0.453 e. The third-order valence-corrected chi connectivity index (χ3v) is 5.91. The summed E-state index contributed by atoms with van der Waals surface area (Å²) in [5.74, 6) is -0.765. The molecule has 1 aromatic rings. The Morgan fingerprint density at radius 3 is 2.69 bits per heavy atom. The van der Waals surface area contributed by atoms with E-state index in [9.17, 15) is 18.0 Å². The Morgan fingerprint density at radius 1 is 1.35 bits per heavy atom. The lowest BCUT2D eigenvalue weighted by atomic mass is 10.1. The summed E-state index contributed by atoms with van der Waals surface area (Å²) in [5, 5.41) is 2.58. The number of esters is 1. The number of carbonyl (C=O) groups is 2. The maximum absolute atomic E-state index is 12.2. The number of carbonyl (C=O) groups excluding carboxylic acids is 2. The van der Waals surface area contributed by atoms with Gasteiger partial charge in [-0.15, -0.1) is 0 Å². The lowest BCUT2D eigenvalue weighted by Crippen LogP contribution is -2.30. The Kier molecular flexibility index (Phi) is 6.55. The quantitative estimate of drug-likeness (QED) is 0.578. The molecule has 0 spiro atoms. The van der Waals surface area contributed by atoms with Crippen LogP contribution >= 0.6 is 0 Å². The van der Waals surface area contributed by atoms with Gasteiger partial charge in [-0.05, 0) is 43.9 Å². The molecule has 2 rings (SSSR count). The highest BCUT2D eigenvalue weighted by molar-refractivity contribution is 7.89. The van der Waals surface area contributed by atoms with Crippen molar-refractivity contribution in [2.75, 3.05) is 19.4 Å². The number of nitrogens with one attached hydrogen (secondary N) is 1. The topological polar surface area (TPSA) is 92.8 Å². The molecule has 0 saturated carbocycles. The number of anilines is 1. The average Bonchev–Trinajstić information content (AvgIpc) is 3.07. The third-order valence-electron chi connectivity index (χ3n) is 4.10. The van der Waals surface area contributed by atoms with Gasteiger partial charge in [0.15, 0.2) is 6.10 Å². The van der Waals surface area contributed by atoms with Gasteiger partial charge in [0.1, 0.15) is 0 Å². The highest BCUT2D eigenvalue weighted by Crippen LogP contribution is 2.21. The van der Waals surface area contributed by atoms with Crippen LogP contribution in [-0.2, 0) is 24.3 Å². The van der Waals surface area contributed by atoms with Gasteiger partial charge in [-0.25, -0.2) is 12.7 Å². The van der Waals surface area contributed by atoms with Gasteiger partial charge in [0.25, 0.3) is 5.91 Å². The molecule has 0 radical (unpaired) electrons. The molecule has 1 aliphatic carbocycles. The lowest BCUT2D eigenvalue weighted by Gasteiger charge is -2.16. The van der Waals surface area contributed by atoms with Crippen molar-refractivity contribution in [3.8, 4) is 0 Å². The summed E-state index contributed by atoms with van der Waals surface area (Å²) in [6, 6.07) is 5.92. The summed E-state index contributed by atoms with van der Waals surface area (Å²) < 4.78 is 30.6. The van der Waals surface area contributed by atoms with Gasteiger partial charge in [-0.3, -0.25) is 9.59 Å². The van der Waals surface area contributed by atoms with Gasteiger partial charge < -0.3 is 10.1 Å². The summed E-state index contributed by atoms with van der Waals surface area (Å²) in [6.07, 6.45) is 5.18. The molecule has 1 N–H and O–H groups in total. The van der Waals surface area contributed by atoms with Gasteiger partial charge in [-0.2, -0.15) is 0 Å². The zero-order chi connectivity index (χ0) is 19.3. The predicted molar refractivity (Wildman–Crippen MR) is 98.0 cm³/mol. The standard InChI is InChI=1S/C18H24N2O5S/c1-13(25-17(21)11-14-7-4-5-8-14)18(22)19-15-9-6-10-16(12-15)26(23,24)20(2)3/h4,6-7,9-10,12-14H,5,8,11H2,1-3H3,(H,19,22)/t13-,14+/m1/s1. The molecule has 142 valence electrons. The van der Waals surface area contributed by atoms with Crippen molar-refractivity contribution in [2.45, 2.75) is 37.2 Å². The van der Waals surface area contributed by atoms with Crippen LogP contribution < -0.4 is 5.32 Å². The first kappa shape index (κ1) is 20.1. The minimum Gasteiger partial charge on any atom is -0.453 e. The lowest BCUT2D eigenvalue weighted by molar-refractivity contribution is -0.153. The smallest absolute Gasteiger partial charge is 0.307 e. The SMILES string of the molecule is C[C@@H](OC(=O)C[C@H]1C=CCC1)C(=O)Nc1cccc(S(=O)(=O)N(C)C)c1. The number of benzene rings is 1. The fourth-order valence-corrected chi connectivity index (χ4v) is 3.52. The molecule has 2 atom stereocenters. The molecular formula is C18H24N2O5S. The normalized spacial score (nSPS) is 17.9. The van der Waals surface area contributed by atoms with Gasteiger partial charge in [-0.1, -0.05) is 18.2 Å². The Hall–Kier alpha value is -2.19. The fourth-order valence-electron chi connectivity index (χ4n) is 2.57. The van der Waals surface area contributed by atoms with Crippen LogP contribution in [0.1, 0.15) is 26.2 Å². The highest BCUT2D eigenvalue weighted by Gasteiger charge is 2.22. The van der Waals surface area contributed by atoms with Crippen LogP contribution in [0.4, 0.5) is 5.69 Å². The van der Waals surface area contributed by atoms with Crippen molar-refractivity contribution in [3.05, 3.63) is 36.4 Å². The highest BCUT2D eigenvalue weighted by atomic mass is 32.2. The minimum atomic E-state index is -3.60. The number of rotatable bonds is 7. The first-order chi connectivity index (χ1) is 12.2. The van der Waals surface area contributed by atoms with E-state index in [0.717, 1.165) is 17.1 Å². The zero-order valence-corrected chi connectivity index (χ0v) is 16.0. The molecule has 0 heterocycles. The first-order valence-corrected chi connectivity index (χ1v) is 9.83. The van der Waals surface area contributed by atoms with E-state index in [1.807, 2.05) is 12.2 Å². The number of ether oxygens (including phenoxy) is 1. The number of nitrogens with zero attached hydrogens (tertiary/aromatic N) is 1. The van der Waals surface area contributed by atoms with E-state index in [1.54, 1.807) is 6.07 Å². The van der Waals surface area contributed by atoms with Crippen molar-refractivity contribution < 1.29 is 22.7 Å². The molecule has 1 amide bonds. The van der Waals surface area contributed by atoms with Crippen LogP contribution in [0.2, 0.25) is 0 Å². The maximum atomic E-state index is 12.2. The van der Waals surface area contributed by atoms with E-state index in [2.05, 4.69) is 5.32 Å². The molecule has 0 unspecified atom stereocenters. The summed E-state index contributed by atoms with van der Waals surface area (Å²) in [7, 11) is -0.733. The molecule has 0 aliphatic heterocycles. The fraction of sp³-hybridized carbons (Fsp3) is 0.444. The van der Waals surface area contributed by atoms with E-state index < -0.39 is 28.0 Å². The van der Waals surface area contributed by atoms with Crippen LogP contribution in [0.15, 0.2) is 41.3 Å². The van der Waals surface area contributed by atoms with Crippen molar-refractivity contribution in [2.24, 2.45) is 5.92 Å². The van der Waals surface area contributed by atoms with Crippen molar-refractivity contribution >= 4 is 27.6 Å². The number of allylic oxidation sites excluding steroid dienone is 2. The molecule has 1 aromatic carbocycles. The van der Waals surface area contributed by atoms with E-state index in [1.165, 1.54) is 39.2 Å². The Balaban J connectivity index is 1.96. The third kappa shape index (κ3) is 5.15. The van der Waals surface area contributed by atoms with E-state index in [4.69, 9.17) is 4.74 Å². The second-order valence-corrected chi connectivity index (χ2v) is 8.56. The average molecular weight is 380 g/mol. The van der Waals surface area contributed by atoms with Crippen LogP contribution in [0.25, 0.3) is 0 Å². The van der Waals surface area contributed by atoms with Crippen molar-refractivity contribution in [3.63, 3.8) is 0 Å². The minimum absolute atomic E-state index is 0.0676. The number of hydrogen-bond acceptors (Lipinski definition) is 5. The number of hydrogen-bond donors (Lipinski definition) is 1. The Bertz CT molecular complexity index is 802. The molecule has 7 nitrogen and oxygen atoms in total. The van der Waals surface area contributed by atoms with Gasteiger partial charge in [0.2, 0.25) is 10.0 Å². The second-order valence-electron chi connectivity index (χ2n) is 6.41. The summed E-state index contributed by atoms with van der Waals surface area (Å²) in [4.78, 5) is 24.2. The van der Waals surface area contributed by atoms with E-state index in [0.29, 0.717) is 5.69 Å². The summed E-state index contributed by atoms with van der Waals surface area (Å²) in [6.45, 7) is 1.48. The second kappa shape index (κ2) is 8.46. The van der Waals surface area contributed by atoms with E-state index >= 15 is 0 Å². The number of sulfonamides is 1. The van der Waals surface area contributed by atoms with Gasteiger partial charge >= 0.3 is 5.97 Å². The molecule has 26 heavy (non-hydrogen) atoms. The van der Waals surface area contributed by atoms with Gasteiger partial charge in [0, 0.05) is 19.8 Å². The van der Waals surface area contributed by atoms with Crippen LogP contribution in [0.5, 0.6) is 0 Å². The molecule has 1 aliphatic rings. The molecule has 8 heteroatoms.